The van der Waals surface area contributed by atoms with E-state index in [9.17, 15) is 45.9 Å². The number of imidazole rings is 5. The SMILES string of the molecule is Cc1cc(F)cc(CNC(=O)c2c(C)nc3ccc(C)cn23)c1.Cc1ccc(Oc2ccc(CNC(=O)c3c(C)nc4cc(C)ccn34)cc2)cc1.Cc1ccc2nc(C)c(C(=O)Nc3ccc(Oc4ccc(C(C)(F)F)cc4)cc3)n2c1.Cc1ccn2c(C(=O)NCc3cccc(C)n3)c(C)nc2c1.Cc1ccn2c(C(=O)NCc3cccc(OC(C)(F)F)c3)c(C)nc2c1. The van der Waals surface area contributed by atoms with Gasteiger partial charge < -0.3 is 40.8 Å². The van der Waals surface area contributed by atoms with E-state index >= 15 is 0 Å². The van der Waals surface area contributed by atoms with Crippen molar-refractivity contribution in [2.24, 2.45) is 0 Å². The van der Waals surface area contributed by atoms with Crippen LogP contribution in [-0.4, -0.2) is 87.6 Å². The molecule has 0 saturated heterocycles. The van der Waals surface area contributed by atoms with Gasteiger partial charge >= 0.3 is 6.11 Å². The van der Waals surface area contributed by atoms with Gasteiger partial charge in [0.2, 0.25) is 0 Å². The van der Waals surface area contributed by atoms with Gasteiger partial charge in [0.1, 0.15) is 91.3 Å². The topological polar surface area (TPSA) is 273 Å². The third kappa shape index (κ3) is 24.2. The molecule has 0 radical (unpaired) electrons. The highest BCUT2D eigenvalue weighted by Crippen LogP contribution is 2.32. The number of alkyl halides is 4. The Morgan fingerprint density at radius 1 is 0.328 bits per heavy atom. The fraction of sp³-hybridized carbons (Fsp3) is 0.206. The Morgan fingerprint density at radius 3 is 1.16 bits per heavy atom. The first-order chi connectivity index (χ1) is 62.4. The number of halogens is 5. The lowest BCUT2D eigenvalue weighted by atomic mass is 10.1. The van der Waals surface area contributed by atoms with E-state index in [1.165, 1.54) is 54.1 Å². The van der Waals surface area contributed by atoms with Gasteiger partial charge in [-0.3, -0.25) is 51.0 Å². The Labute approximate surface area is 753 Å². The molecule has 0 unspecified atom stereocenters. The summed E-state index contributed by atoms with van der Waals surface area (Å²) in [6.07, 6.45) is 6.07. The normalized spacial score (nSPS) is 11.2. The van der Waals surface area contributed by atoms with Gasteiger partial charge in [0.25, 0.3) is 35.5 Å². The predicted octanol–water partition coefficient (Wildman–Crippen LogP) is 20.9. The average Bonchev–Trinajstić information content (AvgIpc) is 1.77. The fourth-order valence-corrected chi connectivity index (χ4v) is 14.5. The number of benzene rings is 6. The van der Waals surface area contributed by atoms with Crippen LogP contribution in [0.15, 0.2) is 249 Å². The molecule has 0 aliphatic rings. The van der Waals surface area contributed by atoms with Gasteiger partial charge in [-0.05, 0) is 298 Å². The first-order valence-electron chi connectivity index (χ1n) is 42.1. The number of nitrogens with zero attached hydrogens (tertiary/aromatic N) is 11. The molecule has 17 aromatic rings. The third-order valence-corrected chi connectivity index (χ3v) is 20.7. The molecule has 11 heterocycles. The Bertz CT molecular complexity index is 7030. The van der Waals surface area contributed by atoms with Crippen molar-refractivity contribution in [3.05, 3.63) is 385 Å². The number of hydrogen-bond acceptors (Lipinski definition) is 14. The molecule has 0 fully saturated rings. The van der Waals surface area contributed by atoms with E-state index in [4.69, 9.17) is 9.47 Å². The van der Waals surface area contributed by atoms with Crippen LogP contribution < -0.4 is 40.8 Å². The lowest BCUT2D eigenvalue weighted by Gasteiger charge is -2.14. The van der Waals surface area contributed by atoms with E-state index in [0.717, 1.165) is 103 Å². The van der Waals surface area contributed by atoms with E-state index in [1.807, 2.05) is 243 Å². The zero-order chi connectivity index (χ0) is 93.7. The summed E-state index contributed by atoms with van der Waals surface area (Å²) in [6.45, 7) is 27.6. The molecule has 0 atom stereocenters. The van der Waals surface area contributed by atoms with Gasteiger partial charge in [-0.1, -0.05) is 66.2 Å². The highest BCUT2D eigenvalue weighted by Gasteiger charge is 2.27. The van der Waals surface area contributed by atoms with E-state index in [0.29, 0.717) is 99.6 Å². The molecule has 0 aliphatic heterocycles. The lowest BCUT2D eigenvalue weighted by Crippen LogP contribution is -2.25. The molecule has 0 aliphatic carbocycles. The maximum absolute atomic E-state index is 13.4. The average molecular weight is 1770 g/mol. The van der Waals surface area contributed by atoms with Crippen molar-refractivity contribution < 1.29 is 60.1 Å². The highest BCUT2D eigenvalue weighted by molar-refractivity contribution is 6.04. The summed E-state index contributed by atoms with van der Waals surface area (Å²) in [4.78, 5) is 89.8. The second-order valence-electron chi connectivity index (χ2n) is 32.1. The third-order valence-electron chi connectivity index (χ3n) is 20.7. The number of aromatic nitrogens is 11. The van der Waals surface area contributed by atoms with Crippen LogP contribution >= 0.6 is 0 Å². The van der Waals surface area contributed by atoms with Crippen molar-refractivity contribution in [3.63, 3.8) is 0 Å². The lowest BCUT2D eigenvalue weighted by molar-refractivity contribution is -0.159. The van der Waals surface area contributed by atoms with Crippen LogP contribution in [-0.2, 0) is 32.1 Å². The van der Waals surface area contributed by atoms with Crippen LogP contribution in [0.2, 0.25) is 0 Å². The summed E-state index contributed by atoms with van der Waals surface area (Å²) < 4.78 is 91.0. The van der Waals surface area contributed by atoms with Crippen molar-refractivity contribution in [2.75, 3.05) is 5.32 Å². The zero-order valence-electron chi connectivity index (χ0n) is 75.1. The molecule has 0 bridgehead atoms. The van der Waals surface area contributed by atoms with E-state index in [-0.39, 0.29) is 59.8 Å². The largest absolute Gasteiger partial charge is 0.457 e. The van der Waals surface area contributed by atoms with Gasteiger partial charge in [0, 0.05) is 81.4 Å². The second-order valence-corrected chi connectivity index (χ2v) is 32.1. The van der Waals surface area contributed by atoms with Crippen molar-refractivity contribution in [2.45, 2.75) is 142 Å². The molecule has 5 amide bonds. The van der Waals surface area contributed by atoms with Gasteiger partial charge in [0.05, 0.1) is 40.7 Å². The van der Waals surface area contributed by atoms with Crippen LogP contribution in [0.5, 0.6) is 28.7 Å². The monoisotopic (exact) mass is 1770 g/mol. The molecule has 29 heteroatoms. The summed E-state index contributed by atoms with van der Waals surface area (Å²) in [5.74, 6) is -1.66. The number of nitrogens with one attached hydrogen (secondary N) is 5. The molecular weight excluding hydrogens is 1670 g/mol. The fourth-order valence-electron chi connectivity index (χ4n) is 14.5. The molecule has 131 heavy (non-hydrogen) atoms. The minimum atomic E-state index is -3.26. The number of ether oxygens (including phenoxy) is 3. The minimum Gasteiger partial charge on any atom is -0.457 e. The maximum Gasteiger partial charge on any atom is 0.394 e. The molecule has 24 nitrogen and oxygen atoms in total. The van der Waals surface area contributed by atoms with Crippen LogP contribution in [0.3, 0.4) is 0 Å². The molecule has 0 saturated carbocycles. The molecule has 5 N–H and O–H groups in total. The quantitative estimate of drug-likeness (QED) is 0.0419. The molecule has 6 aromatic carbocycles. The van der Waals surface area contributed by atoms with Gasteiger partial charge in [-0.15, -0.1) is 0 Å². The van der Waals surface area contributed by atoms with E-state index in [1.54, 1.807) is 69.6 Å². The first-order valence-corrected chi connectivity index (χ1v) is 42.1. The minimum absolute atomic E-state index is 0.0470. The number of aryl methyl sites for hydroxylation is 13. The second kappa shape index (κ2) is 40.5. The molecule has 11 aromatic heterocycles. The zero-order valence-corrected chi connectivity index (χ0v) is 75.1. The van der Waals surface area contributed by atoms with E-state index < -0.39 is 12.0 Å². The maximum atomic E-state index is 13.4. The van der Waals surface area contributed by atoms with Crippen molar-refractivity contribution in [1.29, 1.82) is 0 Å². The van der Waals surface area contributed by atoms with Crippen LogP contribution in [0.25, 0.3) is 28.2 Å². The Morgan fingerprint density at radius 2 is 0.718 bits per heavy atom. The summed E-state index contributed by atoms with van der Waals surface area (Å²) in [5.41, 5.74) is 21.7. The number of rotatable bonds is 21. The summed E-state index contributed by atoms with van der Waals surface area (Å²) in [7, 11) is 0. The van der Waals surface area contributed by atoms with E-state index in [2.05, 4.69) is 61.2 Å². The smallest absolute Gasteiger partial charge is 0.394 e. The Kier molecular flexibility index (Phi) is 28.8. The van der Waals surface area contributed by atoms with Gasteiger partial charge in [-0.2, -0.15) is 8.78 Å². The number of fused-ring (bicyclic) bond motifs is 5. The molecule has 670 valence electrons. The molecule has 0 spiro atoms. The Balaban J connectivity index is 0.000000140. The van der Waals surface area contributed by atoms with Crippen LogP contribution in [0.1, 0.15) is 167 Å². The first kappa shape index (κ1) is 93.0. The van der Waals surface area contributed by atoms with Gasteiger partial charge in [0.15, 0.2) is 0 Å². The number of pyridine rings is 6. The van der Waals surface area contributed by atoms with Gasteiger partial charge in [-0.25, -0.2) is 38.1 Å². The molecule has 17 rings (SSSR count). The Hall–Kier alpha value is -15.7. The highest BCUT2D eigenvalue weighted by atomic mass is 19.3. The van der Waals surface area contributed by atoms with Crippen LogP contribution in [0.4, 0.5) is 27.6 Å². The number of amides is 5. The van der Waals surface area contributed by atoms with Crippen LogP contribution in [0, 0.1) is 95.8 Å². The summed E-state index contributed by atoms with van der Waals surface area (Å²) >= 11 is 0. The standard InChI is InChI=1S/C24H21F2N3O2.C24H23N3O2.C19H19F2N3O2.C18H18FN3O.C17H18N4O/c1-15-4-13-21-27-16(2)22(29(21)14-15)23(30)28-18-7-11-20(12-8-18)31-19-9-5-17(6-10-19)24(3,25)26;1-16-4-8-20(9-5-16)29-21-10-6-19(7-11-21)15-25-24(28)23-18(3)26-22-14-17(2)12-13-27(22)23;1-12-7-8-24-16(9-12)23-13(2)17(24)18(25)22-11-14-5-4-6-15(10-14)26-19(3,20)21;1-11-4-5-16-21-13(3)17(22(16)10-11)18(23)20-9-14-6-12(2)7-15(19)8-14;1-11-7-8-21-15(9-11)20-13(3)16(21)17(22)18-10-14-6-4-5-12(2)19-14/h4-14H,1-3H3,(H,28,30);4-14H,15H2,1-3H3,(H,25,28);4-10H,11H2,1-3H3,(H,22,25);4-8,10H,9H2,1-3H3,(H,20,23);4-9H,10H2,1-3H3,(H,18,22). The number of hydrogen-bond donors (Lipinski definition) is 5. The van der Waals surface area contributed by atoms with Crippen molar-refractivity contribution >= 4 is 63.5 Å². The molecular formula is C102H99F5N16O8. The number of anilines is 1. The summed E-state index contributed by atoms with van der Waals surface area (Å²) in [6, 6.07) is 64.2. The number of carbonyl (C=O) groups is 5. The number of carbonyl (C=O) groups excluding carboxylic acids is 5. The summed E-state index contributed by atoms with van der Waals surface area (Å²) in [5, 5.41) is 14.4. The van der Waals surface area contributed by atoms with Crippen molar-refractivity contribution in [1.82, 2.24) is 73.2 Å². The predicted molar refractivity (Wildman–Crippen MR) is 494 cm³/mol. The van der Waals surface area contributed by atoms with Crippen molar-refractivity contribution in [3.8, 4) is 28.7 Å².